The zero-order valence-electron chi connectivity index (χ0n) is 19.9. The molecule has 5 rings (SSSR count). The van der Waals surface area contributed by atoms with E-state index >= 15 is 0 Å². The number of phenols is 13. The summed E-state index contributed by atoms with van der Waals surface area (Å²) in [6.07, 6.45) is 0. The maximum Gasteiger partial charge on any atom is 0.208 e. The number of aromatic hydroxyl groups is 13. The van der Waals surface area contributed by atoms with Gasteiger partial charge in [0.25, 0.3) is 0 Å². The third-order valence-corrected chi connectivity index (χ3v) is 7.44. The van der Waals surface area contributed by atoms with Gasteiger partial charge >= 0.3 is 0 Å². The first-order chi connectivity index (χ1) is 18.6. The van der Waals surface area contributed by atoms with E-state index < -0.39 is 108 Å². The average molecular weight is 575 g/mol. The first-order valence-corrected chi connectivity index (χ1v) is 11.5. The van der Waals surface area contributed by atoms with Crippen molar-refractivity contribution in [3.8, 4) is 97.0 Å². The Balaban J connectivity index is 2.06. The standard InChI is InChI=1S/C26H19ClO13/c1-26(7-3-2-5(27)4-6(7)8-13(28)19(34)25(40)20(35)14(8)29)11-9(15(30)21(36)23(38)17(11)32)10-12(26)18(33)24(39)22(37)16(10)31/h2-4,28-40H,1H3. The number of fused-ring (bicyclic) bond motifs is 3. The highest BCUT2D eigenvalue weighted by Gasteiger charge is 2.52. The summed E-state index contributed by atoms with van der Waals surface area (Å²) in [7, 11) is 0. The van der Waals surface area contributed by atoms with Crippen LogP contribution in [0.5, 0.6) is 74.7 Å². The fourth-order valence-electron chi connectivity index (χ4n) is 5.35. The van der Waals surface area contributed by atoms with E-state index in [1.165, 1.54) is 19.1 Å². The van der Waals surface area contributed by atoms with E-state index in [4.69, 9.17) is 11.6 Å². The highest BCUT2D eigenvalue weighted by Crippen LogP contribution is 2.70. The summed E-state index contributed by atoms with van der Waals surface area (Å²) in [5.74, 6) is -15.4. The summed E-state index contributed by atoms with van der Waals surface area (Å²) in [6.45, 7) is 1.23. The molecule has 0 fully saturated rings. The van der Waals surface area contributed by atoms with Crippen LogP contribution in [0.3, 0.4) is 0 Å². The van der Waals surface area contributed by atoms with Crippen molar-refractivity contribution in [3.05, 3.63) is 39.9 Å². The van der Waals surface area contributed by atoms with Crippen molar-refractivity contribution in [2.45, 2.75) is 12.3 Å². The largest absolute Gasteiger partial charge is 0.504 e. The molecule has 14 heteroatoms. The Morgan fingerprint density at radius 2 is 0.775 bits per heavy atom. The second-order valence-electron chi connectivity index (χ2n) is 9.22. The second-order valence-corrected chi connectivity index (χ2v) is 9.66. The monoisotopic (exact) mass is 574 g/mol. The van der Waals surface area contributed by atoms with E-state index in [2.05, 4.69) is 0 Å². The van der Waals surface area contributed by atoms with Crippen molar-refractivity contribution >= 4 is 11.6 Å². The van der Waals surface area contributed by atoms with Crippen molar-refractivity contribution in [2.75, 3.05) is 0 Å². The molecule has 0 spiro atoms. The maximum absolute atomic E-state index is 11.0. The van der Waals surface area contributed by atoms with E-state index in [0.717, 1.165) is 6.07 Å². The first kappa shape index (κ1) is 26.2. The van der Waals surface area contributed by atoms with Crippen LogP contribution in [0.2, 0.25) is 5.02 Å². The lowest BCUT2D eigenvalue weighted by Crippen LogP contribution is -2.24. The van der Waals surface area contributed by atoms with E-state index in [9.17, 15) is 66.4 Å². The smallest absolute Gasteiger partial charge is 0.208 e. The minimum atomic E-state index is -2.13. The molecule has 13 N–H and O–H groups in total. The highest BCUT2D eigenvalue weighted by molar-refractivity contribution is 6.31. The van der Waals surface area contributed by atoms with Gasteiger partial charge in [0, 0.05) is 27.3 Å². The van der Waals surface area contributed by atoms with Gasteiger partial charge in [-0.3, -0.25) is 0 Å². The molecule has 0 bridgehead atoms. The molecule has 0 saturated carbocycles. The maximum atomic E-state index is 11.0. The van der Waals surface area contributed by atoms with Crippen LogP contribution in [0.1, 0.15) is 23.6 Å². The van der Waals surface area contributed by atoms with Crippen LogP contribution in [-0.2, 0) is 5.41 Å². The van der Waals surface area contributed by atoms with E-state index in [-0.39, 0.29) is 16.1 Å². The van der Waals surface area contributed by atoms with Gasteiger partial charge in [0.05, 0.1) is 11.0 Å². The van der Waals surface area contributed by atoms with Gasteiger partial charge in [-0.05, 0) is 30.2 Å². The Morgan fingerprint density at radius 3 is 1.18 bits per heavy atom. The molecule has 40 heavy (non-hydrogen) atoms. The lowest BCUT2D eigenvalue weighted by molar-refractivity contribution is 0.330. The third-order valence-electron chi connectivity index (χ3n) is 7.20. The summed E-state index contributed by atoms with van der Waals surface area (Å²) < 4.78 is 0. The Hall–Kier alpha value is -5.43. The molecule has 0 heterocycles. The second kappa shape index (κ2) is 8.04. The van der Waals surface area contributed by atoms with Gasteiger partial charge < -0.3 is 66.4 Å². The number of hydrogen-bond donors (Lipinski definition) is 13. The minimum Gasteiger partial charge on any atom is -0.504 e. The molecule has 4 aromatic carbocycles. The van der Waals surface area contributed by atoms with Crippen molar-refractivity contribution in [1.29, 1.82) is 0 Å². The molecule has 208 valence electrons. The fraction of sp³-hybridized carbons (Fsp3) is 0.0769. The molecule has 0 aliphatic heterocycles. The summed E-state index contributed by atoms with van der Waals surface area (Å²) >= 11 is 6.18. The van der Waals surface area contributed by atoms with Gasteiger partial charge in [-0.1, -0.05) is 17.7 Å². The third kappa shape index (κ3) is 2.91. The van der Waals surface area contributed by atoms with Crippen LogP contribution in [0.15, 0.2) is 18.2 Å². The molecule has 4 aromatic rings. The SMILES string of the molecule is CC1(c2ccc(Cl)cc2-c2c(O)c(O)c(O)c(O)c2O)c2c(O)c(O)c(O)c(O)c2-c2c(O)c(O)c(O)c(O)c21. The predicted molar refractivity (Wildman–Crippen MR) is 136 cm³/mol. The first-order valence-electron chi connectivity index (χ1n) is 11.1. The molecule has 0 atom stereocenters. The molecule has 13 nitrogen and oxygen atoms in total. The molecule has 0 radical (unpaired) electrons. The topological polar surface area (TPSA) is 263 Å². The van der Waals surface area contributed by atoms with Gasteiger partial charge in [0.15, 0.2) is 34.5 Å². The number of phenolic OH excluding ortho intramolecular Hbond substituents is 13. The minimum absolute atomic E-state index is 0.0621. The summed E-state index contributed by atoms with van der Waals surface area (Å²) in [5, 5.41) is 136. The molecule has 1 aliphatic carbocycles. The number of halogens is 1. The van der Waals surface area contributed by atoms with Crippen molar-refractivity contribution in [2.24, 2.45) is 0 Å². The zero-order valence-corrected chi connectivity index (χ0v) is 20.7. The summed E-state index contributed by atoms with van der Waals surface area (Å²) in [6, 6.07) is 3.56. The fourth-order valence-corrected chi connectivity index (χ4v) is 5.52. The van der Waals surface area contributed by atoms with E-state index in [0.29, 0.717) is 0 Å². The average Bonchev–Trinajstić information content (AvgIpc) is 3.20. The van der Waals surface area contributed by atoms with Gasteiger partial charge in [0.1, 0.15) is 0 Å². The van der Waals surface area contributed by atoms with Crippen LogP contribution in [0.25, 0.3) is 22.3 Å². The number of hydrogen-bond acceptors (Lipinski definition) is 13. The molecule has 0 saturated heterocycles. The van der Waals surface area contributed by atoms with E-state index in [1.54, 1.807) is 0 Å². The molecule has 0 unspecified atom stereocenters. The van der Waals surface area contributed by atoms with Crippen molar-refractivity contribution in [1.82, 2.24) is 0 Å². The summed E-state index contributed by atoms with van der Waals surface area (Å²) in [5.41, 5.74) is -5.62. The van der Waals surface area contributed by atoms with Crippen molar-refractivity contribution < 1.29 is 66.4 Å². The summed E-state index contributed by atoms with van der Waals surface area (Å²) in [4.78, 5) is 0. The molecule has 1 aliphatic rings. The van der Waals surface area contributed by atoms with Crippen LogP contribution in [0, 0.1) is 0 Å². The zero-order chi connectivity index (χ0) is 29.7. The number of rotatable bonds is 2. The van der Waals surface area contributed by atoms with Crippen LogP contribution in [-0.4, -0.2) is 66.4 Å². The molecule has 0 aromatic heterocycles. The van der Waals surface area contributed by atoms with Crippen LogP contribution >= 0.6 is 11.6 Å². The Bertz CT molecular complexity index is 1710. The van der Waals surface area contributed by atoms with Crippen molar-refractivity contribution in [3.63, 3.8) is 0 Å². The van der Waals surface area contributed by atoms with Gasteiger partial charge in [-0.2, -0.15) is 0 Å². The quantitative estimate of drug-likeness (QED) is 0.121. The van der Waals surface area contributed by atoms with Gasteiger partial charge in [0.2, 0.25) is 40.2 Å². The molecular formula is C26H19ClO13. The van der Waals surface area contributed by atoms with Crippen LogP contribution < -0.4 is 0 Å². The molecule has 0 amide bonds. The Labute approximate surface area is 227 Å². The molecular weight excluding hydrogens is 556 g/mol. The number of benzene rings is 4. The van der Waals surface area contributed by atoms with Gasteiger partial charge in [-0.25, -0.2) is 0 Å². The van der Waals surface area contributed by atoms with E-state index in [1.807, 2.05) is 0 Å². The van der Waals surface area contributed by atoms with Gasteiger partial charge in [-0.15, -0.1) is 0 Å². The van der Waals surface area contributed by atoms with Crippen LogP contribution in [0.4, 0.5) is 0 Å². The Morgan fingerprint density at radius 1 is 0.450 bits per heavy atom. The predicted octanol–water partition coefficient (Wildman–Crippen LogP) is 3.51. The normalized spacial score (nSPS) is 13.2. The lowest BCUT2D eigenvalue weighted by atomic mass is 9.70. The Kier molecular flexibility index (Phi) is 5.26. The lowest BCUT2D eigenvalue weighted by Gasteiger charge is -2.32. The highest BCUT2D eigenvalue weighted by atomic mass is 35.5.